The second-order valence-electron chi connectivity index (χ2n) is 8.39. The first-order chi connectivity index (χ1) is 16.8. The lowest BCUT2D eigenvalue weighted by Gasteiger charge is -2.24. The minimum Gasteiger partial charge on any atom is -0.481 e. The molecule has 2 aromatic carbocycles. The Morgan fingerprint density at radius 3 is 2.29 bits per heavy atom. The normalized spacial score (nSPS) is 13.0. The highest BCUT2D eigenvalue weighted by molar-refractivity contribution is 9.10. The van der Waals surface area contributed by atoms with Gasteiger partial charge in [0, 0.05) is 35.8 Å². The molecule has 35 heavy (non-hydrogen) atoms. The van der Waals surface area contributed by atoms with Crippen molar-refractivity contribution in [1.29, 1.82) is 0 Å². The highest BCUT2D eigenvalue weighted by Gasteiger charge is 2.30. The molecule has 9 heteroatoms. The first-order valence-electron chi connectivity index (χ1n) is 11.1. The summed E-state index contributed by atoms with van der Waals surface area (Å²) in [6.07, 6.45) is -1.04. The number of likely N-dealkylation sites (N-methyl/N-ethyl adjacent to an activating group) is 1. The standard InChI is InChI=1S/C26H25BrN2O5S/c1-29(12-16-14-35-15-22(16)27)25(32)23(10-11-24(30)31)28-26(33)34-13-21-19-8-4-2-6-17(19)18-7-3-5-9-20(18)21/h2-9,14-15,21,23H,10-13H2,1H3,(H,28,33)(H,30,31). The molecule has 2 N–H and O–H groups in total. The molecule has 1 atom stereocenters. The van der Waals surface area contributed by atoms with E-state index >= 15 is 0 Å². The van der Waals surface area contributed by atoms with Crippen molar-refractivity contribution >= 4 is 45.2 Å². The van der Waals surface area contributed by atoms with Crippen LogP contribution in [0.3, 0.4) is 0 Å². The lowest BCUT2D eigenvalue weighted by Crippen LogP contribution is -2.47. The number of carboxylic acids is 1. The Labute approximate surface area is 215 Å². The summed E-state index contributed by atoms with van der Waals surface area (Å²) in [4.78, 5) is 38.4. The molecule has 0 saturated heterocycles. The van der Waals surface area contributed by atoms with Gasteiger partial charge in [-0.15, -0.1) is 0 Å². The Bertz CT molecular complexity index is 1200. The molecule has 1 aliphatic carbocycles. The second-order valence-corrected chi connectivity index (χ2v) is 9.99. The van der Waals surface area contributed by atoms with Gasteiger partial charge < -0.3 is 20.1 Å². The minimum absolute atomic E-state index is 0.0342. The zero-order chi connectivity index (χ0) is 24.9. The van der Waals surface area contributed by atoms with Crippen LogP contribution in [0.15, 0.2) is 63.8 Å². The van der Waals surface area contributed by atoms with Gasteiger partial charge in [-0.3, -0.25) is 9.59 Å². The number of carbonyl (C=O) groups excluding carboxylic acids is 2. The number of thiophene rings is 1. The molecule has 2 amide bonds. The van der Waals surface area contributed by atoms with Crippen LogP contribution in [0.1, 0.15) is 35.4 Å². The molecule has 3 aromatic rings. The molecule has 4 rings (SSSR count). The predicted molar refractivity (Wildman–Crippen MR) is 137 cm³/mol. The van der Waals surface area contributed by atoms with Crippen LogP contribution in [0, 0.1) is 0 Å². The van der Waals surface area contributed by atoms with Crippen LogP contribution in [-0.4, -0.2) is 47.7 Å². The number of hydrogen-bond acceptors (Lipinski definition) is 5. The van der Waals surface area contributed by atoms with Gasteiger partial charge in [0.1, 0.15) is 12.6 Å². The summed E-state index contributed by atoms with van der Waals surface area (Å²) in [5.74, 6) is -1.53. The highest BCUT2D eigenvalue weighted by atomic mass is 79.9. The van der Waals surface area contributed by atoms with Crippen molar-refractivity contribution in [2.45, 2.75) is 31.3 Å². The van der Waals surface area contributed by atoms with E-state index in [0.29, 0.717) is 6.54 Å². The topological polar surface area (TPSA) is 95.9 Å². The van der Waals surface area contributed by atoms with Gasteiger partial charge in [0.2, 0.25) is 5.91 Å². The molecular formula is C26H25BrN2O5S. The van der Waals surface area contributed by atoms with E-state index < -0.39 is 18.1 Å². The SMILES string of the molecule is CN(Cc1cscc1Br)C(=O)C(CCC(=O)O)NC(=O)OCC1c2ccccc2-c2ccccc21. The van der Waals surface area contributed by atoms with Gasteiger partial charge in [-0.25, -0.2) is 4.79 Å². The van der Waals surface area contributed by atoms with Crippen LogP contribution in [0.5, 0.6) is 0 Å². The molecule has 182 valence electrons. The van der Waals surface area contributed by atoms with Crippen molar-refractivity contribution in [3.8, 4) is 11.1 Å². The number of rotatable bonds is 9. The second kappa shape index (κ2) is 11.0. The third kappa shape index (κ3) is 5.74. The van der Waals surface area contributed by atoms with E-state index in [-0.39, 0.29) is 31.3 Å². The van der Waals surface area contributed by atoms with Crippen LogP contribution >= 0.6 is 27.3 Å². The molecule has 1 unspecified atom stereocenters. The number of hydrogen-bond donors (Lipinski definition) is 2. The summed E-state index contributed by atoms with van der Waals surface area (Å²) >= 11 is 4.96. The summed E-state index contributed by atoms with van der Waals surface area (Å²) < 4.78 is 6.45. The molecule has 0 saturated carbocycles. The lowest BCUT2D eigenvalue weighted by molar-refractivity contribution is -0.138. The number of aliphatic carboxylic acids is 1. The van der Waals surface area contributed by atoms with E-state index in [2.05, 4.69) is 33.4 Å². The van der Waals surface area contributed by atoms with Gasteiger partial charge in [-0.1, -0.05) is 48.5 Å². The van der Waals surface area contributed by atoms with Gasteiger partial charge in [-0.2, -0.15) is 11.3 Å². The van der Waals surface area contributed by atoms with E-state index in [1.165, 1.54) is 16.2 Å². The fourth-order valence-electron chi connectivity index (χ4n) is 4.33. The molecule has 1 aromatic heterocycles. The van der Waals surface area contributed by atoms with E-state index in [4.69, 9.17) is 9.84 Å². The zero-order valence-corrected chi connectivity index (χ0v) is 21.5. The Hall–Kier alpha value is -3.17. The van der Waals surface area contributed by atoms with Crippen LogP contribution in [0.4, 0.5) is 4.79 Å². The summed E-state index contributed by atoms with van der Waals surface area (Å²) in [6.45, 7) is 0.441. The maximum atomic E-state index is 13.1. The third-order valence-corrected chi connectivity index (χ3v) is 7.89. The summed E-state index contributed by atoms with van der Waals surface area (Å²) in [5.41, 5.74) is 5.34. The van der Waals surface area contributed by atoms with Gasteiger partial charge >= 0.3 is 12.1 Å². The Kier molecular flexibility index (Phi) is 7.87. The smallest absolute Gasteiger partial charge is 0.407 e. The minimum atomic E-state index is -1.04. The highest BCUT2D eigenvalue weighted by Crippen LogP contribution is 2.44. The quantitative estimate of drug-likeness (QED) is 0.375. The molecule has 0 aliphatic heterocycles. The number of nitrogens with zero attached hydrogens (tertiary/aromatic N) is 1. The monoisotopic (exact) mass is 556 g/mol. The number of nitrogens with one attached hydrogen (secondary N) is 1. The van der Waals surface area contributed by atoms with Crippen LogP contribution in [0.2, 0.25) is 0 Å². The molecule has 0 spiro atoms. The summed E-state index contributed by atoms with van der Waals surface area (Å²) in [5, 5.41) is 15.6. The zero-order valence-electron chi connectivity index (χ0n) is 19.1. The van der Waals surface area contributed by atoms with Crippen molar-refractivity contribution in [2.24, 2.45) is 0 Å². The van der Waals surface area contributed by atoms with Crippen LogP contribution < -0.4 is 5.32 Å². The van der Waals surface area contributed by atoms with Crippen molar-refractivity contribution in [3.05, 3.63) is 80.5 Å². The molecule has 0 bridgehead atoms. The molecule has 7 nitrogen and oxygen atoms in total. The van der Waals surface area contributed by atoms with Crippen molar-refractivity contribution in [2.75, 3.05) is 13.7 Å². The first kappa shape index (κ1) is 24.9. The Morgan fingerprint density at radius 1 is 1.09 bits per heavy atom. The molecule has 1 aliphatic rings. The van der Waals surface area contributed by atoms with E-state index in [9.17, 15) is 14.4 Å². The number of carboxylic acid groups (broad SMARTS) is 1. The Morgan fingerprint density at radius 2 is 1.71 bits per heavy atom. The maximum absolute atomic E-state index is 13.1. The van der Waals surface area contributed by atoms with Gasteiger partial charge in [-0.05, 0) is 55.5 Å². The van der Waals surface area contributed by atoms with E-state index in [1.807, 2.05) is 47.2 Å². The number of carbonyl (C=O) groups is 3. The Balaban J connectivity index is 1.42. The number of amides is 2. The van der Waals surface area contributed by atoms with E-state index in [0.717, 1.165) is 32.3 Å². The third-order valence-electron chi connectivity index (χ3n) is 6.05. The molecular weight excluding hydrogens is 532 g/mol. The van der Waals surface area contributed by atoms with Gasteiger partial charge in [0.15, 0.2) is 0 Å². The van der Waals surface area contributed by atoms with E-state index in [1.54, 1.807) is 7.05 Å². The van der Waals surface area contributed by atoms with Crippen LogP contribution in [-0.2, 0) is 20.9 Å². The summed E-state index contributed by atoms with van der Waals surface area (Å²) in [6, 6.07) is 15.0. The fourth-order valence-corrected chi connectivity index (χ4v) is 5.75. The van der Waals surface area contributed by atoms with Crippen molar-refractivity contribution < 1.29 is 24.2 Å². The van der Waals surface area contributed by atoms with Gasteiger partial charge in [0.05, 0.1) is 0 Å². The predicted octanol–water partition coefficient (Wildman–Crippen LogP) is 5.24. The fraction of sp³-hybridized carbons (Fsp3) is 0.269. The number of ether oxygens (including phenoxy) is 1. The molecule has 0 fully saturated rings. The molecule has 1 heterocycles. The number of fused-ring (bicyclic) bond motifs is 3. The van der Waals surface area contributed by atoms with Crippen molar-refractivity contribution in [3.63, 3.8) is 0 Å². The summed E-state index contributed by atoms with van der Waals surface area (Å²) in [7, 11) is 1.62. The average Bonchev–Trinajstić information content (AvgIpc) is 3.40. The first-order valence-corrected chi connectivity index (χ1v) is 12.9. The average molecular weight is 557 g/mol. The largest absolute Gasteiger partial charge is 0.481 e. The molecule has 0 radical (unpaired) electrons. The van der Waals surface area contributed by atoms with Gasteiger partial charge in [0.25, 0.3) is 0 Å². The number of alkyl carbamates (subject to hydrolysis) is 1. The maximum Gasteiger partial charge on any atom is 0.407 e. The van der Waals surface area contributed by atoms with Crippen molar-refractivity contribution in [1.82, 2.24) is 10.2 Å². The number of halogens is 1. The van der Waals surface area contributed by atoms with Crippen LogP contribution in [0.25, 0.3) is 11.1 Å². The number of benzene rings is 2. The lowest BCUT2D eigenvalue weighted by atomic mass is 9.98.